The first kappa shape index (κ1) is 52.2. The number of carbonyl (C=O) groups is 4. The van der Waals surface area contributed by atoms with Crippen molar-refractivity contribution in [1.29, 1.82) is 0 Å². The van der Waals surface area contributed by atoms with E-state index >= 15 is 0 Å². The second kappa shape index (κ2) is 23.4. The molecule has 0 unspecified atom stereocenters. The van der Waals surface area contributed by atoms with E-state index < -0.39 is 36.5 Å². The first-order valence-electron chi connectivity index (χ1n) is 21.9. The lowest BCUT2D eigenvalue weighted by molar-refractivity contribution is -0.173. The van der Waals surface area contributed by atoms with Crippen molar-refractivity contribution in [1.82, 2.24) is 35.1 Å². The number of ketones is 1. The Bertz CT molecular complexity index is 2500. The molecular formula is C47H49Cl2F6N9O5. The van der Waals surface area contributed by atoms with Crippen LogP contribution in [0.15, 0.2) is 101 Å². The van der Waals surface area contributed by atoms with Gasteiger partial charge in [-0.25, -0.2) is 9.59 Å². The van der Waals surface area contributed by atoms with Crippen LogP contribution in [0.5, 0.6) is 0 Å². The number of Topliss-reactive ketones (excluding diaryl/α,β-unsaturated/α-hetero) is 1. The van der Waals surface area contributed by atoms with Crippen molar-refractivity contribution < 1.29 is 49.9 Å². The van der Waals surface area contributed by atoms with Gasteiger partial charge in [0.15, 0.2) is 5.78 Å². The fourth-order valence-electron chi connectivity index (χ4n) is 7.36. The molecule has 1 aromatic heterocycles. The number of amides is 5. The minimum Gasteiger partial charge on any atom is -0.413 e. The quantitative estimate of drug-likeness (QED) is 0.0958. The number of hydrogen-bond donors (Lipinski definition) is 1. The summed E-state index contributed by atoms with van der Waals surface area (Å²) in [6.45, 7) is 11.5. The normalized spacial score (nSPS) is 14.7. The number of urea groups is 2. The summed E-state index contributed by atoms with van der Waals surface area (Å²) in [5.41, 5.74) is 3.37. The van der Waals surface area contributed by atoms with Crippen LogP contribution in [0, 0.1) is 0 Å². The van der Waals surface area contributed by atoms with Crippen molar-refractivity contribution in [3.8, 4) is 11.5 Å². The third kappa shape index (κ3) is 14.4. The maximum Gasteiger partial charge on any atom is 0.471 e. The Morgan fingerprint density at radius 1 is 0.609 bits per heavy atom. The lowest BCUT2D eigenvalue weighted by Gasteiger charge is -2.37. The number of likely N-dealkylation sites (N-methyl/N-ethyl adjacent to an activating group) is 2. The summed E-state index contributed by atoms with van der Waals surface area (Å²) in [6.07, 6.45) is -9.75. The molecule has 0 spiro atoms. The van der Waals surface area contributed by atoms with Crippen LogP contribution in [0.1, 0.15) is 41.2 Å². The summed E-state index contributed by atoms with van der Waals surface area (Å²) >= 11 is 12.0. The second-order valence-corrected chi connectivity index (χ2v) is 16.8. The second-order valence-electron chi connectivity index (χ2n) is 15.9. The number of carbonyl (C=O) groups excluding carboxylic acids is 4. The Balaban J connectivity index is 0.000000227. The molecule has 2 fully saturated rings. The minimum atomic E-state index is -5.05. The SMILES string of the molecule is CCN1CCN(C(=O)N(Cc2ccc(-c3nnc(C(F)(F)F)o3)cc2)c2ccc(Cl)cc2)CC1.CCN1CCN(C(=O)N(Cc2ccc(C(=O)CNC(=O)C(F)(F)F)cc2)c2ccc(Cl)cc2)CC1. The molecule has 4 aromatic carbocycles. The molecule has 7 rings (SSSR count). The number of nitrogens with one attached hydrogen (secondary N) is 1. The van der Waals surface area contributed by atoms with Gasteiger partial charge in [-0.2, -0.15) is 26.3 Å². The van der Waals surface area contributed by atoms with Crippen LogP contribution < -0.4 is 15.1 Å². The number of piperazine rings is 2. The highest BCUT2D eigenvalue weighted by molar-refractivity contribution is 6.31. The van der Waals surface area contributed by atoms with E-state index in [-0.39, 0.29) is 36.6 Å². The van der Waals surface area contributed by atoms with Crippen molar-refractivity contribution in [2.45, 2.75) is 39.3 Å². The first-order valence-corrected chi connectivity index (χ1v) is 22.6. The maximum absolute atomic E-state index is 13.4. The molecule has 69 heavy (non-hydrogen) atoms. The fraction of sp³-hybridized carbons (Fsp3) is 0.362. The van der Waals surface area contributed by atoms with Crippen LogP contribution in [0.25, 0.3) is 11.5 Å². The van der Waals surface area contributed by atoms with Gasteiger partial charge >= 0.3 is 36.2 Å². The van der Waals surface area contributed by atoms with Gasteiger partial charge in [0, 0.05) is 84.9 Å². The average molecular weight is 1000 g/mol. The molecule has 1 N–H and O–H groups in total. The van der Waals surface area contributed by atoms with Crippen LogP contribution in [0.2, 0.25) is 10.0 Å². The molecule has 2 saturated heterocycles. The lowest BCUT2D eigenvalue weighted by Crippen LogP contribution is -2.52. The van der Waals surface area contributed by atoms with E-state index in [1.54, 1.807) is 105 Å². The Kier molecular flexibility index (Phi) is 17.7. The van der Waals surface area contributed by atoms with Crippen LogP contribution in [0.4, 0.5) is 47.3 Å². The van der Waals surface area contributed by atoms with E-state index in [1.807, 2.05) is 4.90 Å². The number of alkyl halides is 6. The smallest absolute Gasteiger partial charge is 0.413 e. The number of rotatable bonds is 12. The van der Waals surface area contributed by atoms with Gasteiger partial charge in [-0.1, -0.05) is 73.4 Å². The van der Waals surface area contributed by atoms with E-state index in [9.17, 15) is 45.5 Å². The molecule has 0 radical (unpaired) electrons. The van der Waals surface area contributed by atoms with Crippen LogP contribution >= 0.6 is 23.2 Å². The highest BCUT2D eigenvalue weighted by atomic mass is 35.5. The molecule has 0 atom stereocenters. The number of aromatic nitrogens is 2. The predicted molar refractivity (Wildman–Crippen MR) is 248 cm³/mol. The number of anilines is 2. The van der Waals surface area contributed by atoms with Crippen molar-refractivity contribution in [3.63, 3.8) is 0 Å². The van der Waals surface area contributed by atoms with Crippen LogP contribution in [0.3, 0.4) is 0 Å². The van der Waals surface area contributed by atoms with Crippen LogP contribution in [-0.4, -0.2) is 132 Å². The van der Waals surface area contributed by atoms with E-state index in [2.05, 4.69) is 33.8 Å². The van der Waals surface area contributed by atoms with Gasteiger partial charge in [0.05, 0.1) is 19.6 Å². The molecular weight excluding hydrogens is 955 g/mol. The Morgan fingerprint density at radius 2 is 1.03 bits per heavy atom. The summed E-state index contributed by atoms with van der Waals surface area (Å²) in [4.78, 5) is 61.4. The van der Waals surface area contributed by atoms with Crippen molar-refractivity contribution in [2.24, 2.45) is 0 Å². The largest absolute Gasteiger partial charge is 0.471 e. The van der Waals surface area contributed by atoms with Gasteiger partial charge in [0.1, 0.15) is 0 Å². The van der Waals surface area contributed by atoms with Crippen LogP contribution in [-0.2, 0) is 24.1 Å². The zero-order chi connectivity index (χ0) is 49.9. The number of benzene rings is 4. The number of nitrogens with zero attached hydrogens (tertiary/aromatic N) is 8. The standard InChI is InChI=1S/C24H26ClF3N4O3.C23H23ClF3N5O2/c1-2-30-11-13-31(14-12-30)23(35)32(20-9-7-19(25)8-10-20)16-17-3-5-18(6-4-17)21(33)15-29-22(34)24(26,27)28;1-2-30-11-13-31(14-12-30)22(33)32(19-9-7-18(24)8-10-19)15-16-3-5-17(6-4-16)20-28-29-21(34-20)23(25,26)27/h3-10H,2,11-16H2,1H3,(H,29,34);3-10H,2,11-15H2,1H3. The third-order valence-corrected chi connectivity index (χ3v) is 11.9. The molecule has 14 nitrogen and oxygen atoms in total. The molecule has 0 bridgehead atoms. The molecule has 0 saturated carbocycles. The predicted octanol–water partition coefficient (Wildman–Crippen LogP) is 9.14. The van der Waals surface area contributed by atoms with Gasteiger partial charge in [-0.3, -0.25) is 19.4 Å². The number of halogens is 8. The zero-order valence-corrected chi connectivity index (χ0v) is 39.1. The molecule has 3 heterocycles. The molecule has 2 aliphatic rings. The molecule has 5 amide bonds. The Morgan fingerprint density at radius 3 is 1.41 bits per heavy atom. The van der Waals surface area contributed by atoms with Gasteiger partial charge in [0.25, 0.3) is 0 Å². The molecule has 22 heteroatoms. The highest BCUT2D eigenvalue weighted by Crippen LogP contribution is 2.31. The highest BCUT2D eigenvalue weighted by Gasteiger charge is 2.39. The van der Waals surface area contributed by atoms with Crippen molar-refractivity contribution >= 4 is 58.3 Å². The molecule has 0 aliphatic carbocycles. The summed E-state index contributed by atoms with van der Waals surface area (Å²) in [5.74, 6) is -4.44. The third-order valence-electron chi connectivity index (χ3n) is 11.4. The van der Waals surface area contributed by atoms with E-state index in [4.69, 9.17) is 27.6 Å². The molecule has 5 aromatic rings. The monoisotopic (exact) mass is 1000 g/mol. The molecule has 2 aliphatic heterocycles. The average Bonchev–Trinajstić information content (AvgIpc) is 3.87. The Labute approximate surface area is 404 Å². The first-order chi connectivity index (χ1) is 32.8. The summed E-state index contributed by atoms with van der Waals surface area (Å²) < 4.78 is 79.9. The van der Waals surface area contributed by atoms with E-state index in [1.165, 1.54) is 12.1 Å². The lowest BCUT2D eigenvalue weighted by atomic mass is 10.1. The van der Waals surface area contributed by atoms with Crippen molar-refractivity contribution in [3.05, 3.63) is 130 Å². The zero-order valence-electron chi connectivity index (χ0n) is 37.6. The summed E-state index contributed by atoms with van der Waals surface area (Å²) in [7, 11) is 0. The summed E-state index contributed by atoms with van der Waals surface area (Å²) in [5, 5.41) is 9.20. The van der Waals surface area contributed by atoms with Gasteiger partial charge in [-0.15, -0.1) is 10.2 Å². The van der Waals surface area contributed by atoms with E-state index in [0.29, 0.717) is 53.2 Å². The van der Waals surface area contributed by atoms with Gasteiger partial charge in [0.2, 0.25) is 5.89 Å². The minimum absolute atomic E-state index is 0.117. The Hall–Kier alpha value is -6.22. The van der Waals surface area contributed by atoms with Crippen molar-refractivity contribution in [2.75, 3.05) is 81.8 Å². The topological polar surface area (TPSA) is 139 Å². The van der Waals surface area contributed by atoms with E-state index in [0.717, 1.165) is 50.4 Å². The molecule has 368 valence electrons. The maximum atomic E-state index is 13.4. The number of hydrogen-bond acceptors (Lipinski definition) is 9. The van der Waals surface area contributed by atoms with Gasteiger partial charge < -0.3 is 29.3 Å². The summed E-state index contributed by atoms with van der Waals surface area (Å²) in [6, 6.07) is 26.5. The fourth-order valence-corrected chi connectivity index (χ4v) is 7.62. The van der Waals surface area contributed by atoms with Gasteiger partial charge in [-0.05, 0) is 84.9 Å².